The number of hydrogen-bond acceptors (Lipinski definition) is 3. The summed E-state index contributed by atoms with van der Waals surface area (Å²) >= 11 is 0. The van der Waals surface area contributed by atoms with Crippen LogP contribution >= 0.6 is 0 Å². The van der Waals surface area contributed by atoms with Gasteiger partial charge in [0.1, 0.15) is 5.75 Å². The molecule has 0 unspecified atom stereocenters. The molecule has 1 saturated carbocycles. The minimum absolute atomic E-state index is 0.353. The van der Waals surface area contributed by atoms with E-state index in [1.54, 1.807) is 6.08 Å². The van der Waals surface area contributed by atoms with Gasteiger partial charge >= 0.3 is 0 Å². The van der Waals surface area contributed by atoms with Gasteiger partial charge in [-0.25, -0.2) is 9.79 Å². The van der Waals surface area contributed by atoms with Gasteiger partial charge in [0.05, 0.1) is 12.6 Å². The average Bonchev–Trinajstić information content (AvgIpc) is 2.22. The first-order valence-corrected chi connectivity index (χ1v) is 5.18. The molecule has 0 bridgehead atoms. The highest BCUT2D eigenvalue weighted by Crippen LogP contribution is 2.27. The molecule has 0 atom stereocenters. The molecule has 0 aromatic heterocycles. The zero-order valence-electron chi connectivity index (χ0n) is 8.48. The minimum atomic E-state index is 0.353. The second-order valence-corrected chi connectivity index (χ2v) is 3.69. The standard InChI is InChI=1S/C12H13NO2/c14-9-13-8-10-4-1-2-7-12(10)15-11-5-3-6-11/h1-2,4,7,11H,3,5-6,8H2. The van der Waals surface area contributed by atoms with Gasteiger partial charge in [0.25, 0.3) is 0 Å². The van der Waals surface area contributed by atoms with Gasteiger partial charge in [-0.15, -0.1) is 0 Å². The van der Waals surface area contributed by atoms with E-state index in [9.17, 15) is 4.79 Å². The number of nitrogens with zero attached hydrogens (tertiary/aromatic N) is 1. The predicted octanol–water partition coefficient (Wildman–Crippen LogP) is 2.45. The van der Waals surface area contributed by atoms with Crippen molar-refractivity contribution in [2.45, 2.75) is 31.9 Å². The Kier molecular flexibility index (Phi) is 3.15. The fourth-order valence-electron chi connectivity index (χ4n) is 1.54. The molecular formula is C12H13NO2. The highest BCUT2D eigenvalue weighted by molar-refractivity contribution is 5.37. The summed E-state index contributed by atoms with van der Waals surface area (Å²) in [6, 6.07) is 7.70. The lowest BCUT2D eigenvalue weighted by Crippen LogP contribution is -2.24. The molecule has 1 aliphatic carbocycles. The maximum atomic E-state index is 10.0. The van der Waals surface area contributed by atoms with Crippen molar-refractivity contribution in [2.75, 3.05) is 0 Å². The lowest BCUT2D eigenvalue weighted by molar-refractivity contribution is 0.119. The van der Waals surface area contributed by atoms with Gasteiger partial charge < -0.3 is 4.74 Å². The average molecular weight is 203 g/mol. The van der Waals surface area contributed by atoms with Crippen LogP contribution in [0.2, 0.25) is 0 Å². The molecule has 0 amide bonds. The van der Waals surface area contributed by atoms with E-state index in [4.69, 9.17) is 4.74 Å². The SMILES string of the molecule is O=C=NCc1ccccc1OC1CCC1. The van der Waals surface area contributed by atoms with Crippen molar-refractivity contribution >= 4 is 6.08 Å². The quantitative estimate of drug-likeness (QED) is 0.557. The molecule has 1 aromatic carbocycles. The molecule has 1 fully saturated rings. The Morgan fingerprint density at radius 3 is 2.87 bits per heavy atom. The van der Waals surface area contributed by atoms with Crippen molar-refractivity contribution in [3.05, 3.63) is 29.8 Å². The fourth-order valence-corrected chi connectivity index (χ4v) is 1.54. The Bertz CT molecular complexity index is 379. The second kappa shape index (κ2) is 4.76. The maximum Gasteiger partial charge on any atom is 0.235 e. The van der Waals surface area contributed by atoms with E-state index < -0.39 is 0 Å². The van der Waals surface area contributed by atoms with E-state index in [-0.39, 0.29) is 0 Å². The predicted molar refractivity (Wildman–Crippen MR) is 56.5 cm³/mol. The van der Waals surface area contributed by atoms with Crippen LogP contribution in [-0.4, -0.2) is 12.2 Å². The summed E-state index contributed by atoms with van der Waals surface area (Å²) in [5, 5.41) is 0. The van der Waals surface area contributed by atoms with Crippen molar-refractivity contribution in [3.8, 4) is 5.75 Å². The van der Waals surface area contributed by atoms with Gasteiger partial charge in [0, 0.05) is 5.56 Å². The number of para-hydroxylation sites is 1. The van der Waals surface area contributed by atoms with Gasteiger partial charge in [-0.05, 0) is 25.3 Å². The lowest BCUT2D eigenvalue weighted by atomic mass is 9.96. The zero-order valence-corrected chi connectivity index (χ0v) is 8.48. The maximum absolute atomic E-state index is 10.0. The Morgan fingerprint density at radius 2 is 2.20 bits per heavy atom. The number of rotatable bonds is 4. The van der Waals surface area contributed by atoms with Crippen LogP contribution < -0.4 is 4.74 Å². The summed E-state index contributed by atoms with van der Waals surface area (Å²) in [7, 11) is 0. The molecule has 0 saturated heterocycles. The van der Waals surface area contributed by atoms with Crippen LogP contribution in [0.5, 0.6) is 5.75 Å². The largest absolute Gasteiger partial charge is 0.490 e. The summed E-state index contributed by atoms with van der Waals surface area (Å²) in [5.74, 6) is 0.848. The first kappa shape index (κ1) is 9.94. The molecule has 0 radical (unpaired) electrons. The van der Waals surface area contributed by atoms with Crippen LogP contribution in [0.4, 0.5) is 0 Å². The molecule has 15 heavy (non-hydrogen) atoms. The van der Waals surface area contributed by atoms with E-state index in [0.717, 1.165) is 24.2 Å². The first-order chi connectivity index (χ1) is 7.40. The van der Waals surface area contributed by atoms with Crippen molar-refractivity contribution in [1.82, 2.24) is 0 Å². The smallest absolute Gasteiger partial charge is 0.235 e. The van der Waals surface area contributed by atoms with E-state index in [1.165, 1.54) is 6.42 Å². The van der Waals surface area contributed by atoms with Crippen molar-refractivity contribution < 1.29 is 9.53 Å². The molecule has 1 aromatic rings. The van der Waals surface area contributed by atoms with Gasteiger partial charge in [-0.1, -0.05) is 18.2 Å². The third kappa shape index (κ3) is 2.45. The van der Waals surface area contributed by atoms with Crippen LogP contribution in [0, 0.1) is 0 Å². The highest BCUT2D eigenvalue weighted by atomic mass is 16.5. The van der Waals surface area contributed by atoms with Crippen LogP contribution in [-0.2, 0) is 11.3 Å². The Balaban J connectivity index is 2.09. The van der Waals surface area contributed by atoms with Crippen LogP contribution in [0.15, 0.2) is 29.3 Å². The van der Waals surface area contributed by atoms with E-state index in [2.05, 4.69) is 4.99 Å². The van der Waals surface area contributed by atoms with Crippen LogP contribution in [0.3, 0.4) is 0 Å². The Hall–Kier alpha value is -1.60. The molecular weight excluding hydrogens is 190 g/mol. The third-order valence-electron chi connectivity index (χ3n) is 2.63. The summed E-state index contributed by atoms with van der Waals surface area (Å²) in [4.78, 5) is 13.6. The number of isocyanates is 1. The molecule has 0 N–H and O–H groups in total. The molecule has 1 aliphatic rings. The highest BCUT2D eigenvalue weighted by Gasteiger charge is 2.19. The van der Waals surface area contributed by atoms with Crippen LogP contribution in [0.25, 0.3) is 0 Å². The molecule has 0 heterocycles. The van der Waals surface area contributed by atoms with Crippen molar-refractivity contribution in [3.63, 3.8) is 0 Å². The molecule has 0 spiro atoms. The number of hydrogen-bond donors (Lipinski definition) is 0. The van der Waals surface area contributed by atoms with Gasteiger partial charge in [-0.3, -0.25) is 0 Å². The summed E-state index contributed by atoms with van der Waals surface area (Å²) in [6.45, 7) is 0.354. The number of ether oxygens (including phenoxy) is 1. The van der Waals surface area contributed by atoms with Crippen LogP contribution in [0.1, 0.15) is 24.8 Å². The Labute approximate surface area is 88.8 Å². The van der Waals surface area contributed by atoms with Crippen molar-refractivity contribution in [1.29, 1.82) is 0 Å². The zero-order chi connectivity index (χ0) is 10.5. The summed E-state index contributed by atoms with van der Waals surface area (Å²) in [6.07, 6.45) is 5.41. The monoisotopic (exact) mass is 203 g/mol. The minimum Gasteiger partial charge on any atom is -0.490 e. The molecule has 3 heteroatoms. The first-order valence-electron chi connectivity index (χ1n) is 5.18. The molecule has 2 rings (SSSR count). The topological polar surface area (TPSA) is 38.7 Å². The molecule has 3 nitrogen and oxygen atoms in total. The molecule has 78 valence electrons. The molecule has 0 aliphatic heterocycles. The van der Waals surface area contributed by atoms with Gasteiger partial charge in [0.15, 0.2) is 0 Å². The normalized spacial score (nSPS) is 15.2. The number of aliphatic imine (C=N–C) groups is 1. The van der Waals surface area contributed by atoms with Gasteiger partial charge in [0.2, 0.25) is 6.08 Å². The van der Waals surface area contributed by atoms with E-state index >= 15 is 0 Å². The number of carbonyl (C=O) groups excluding carboxylic acids is 1. The van der Waals surface area contributed by atoms with E-state index in [0.29, 0.717) is 12.6 Å². The third-order valence-corrected chi connectivity index (χ3v) is 2.63. The summed E-state index contributed by atoms with van der Waals surface area (Å²) in [5.41, 5.74) is 0.952. The lowest BCUT2D eigenvalue weighted by Gasteiger charge is -2.27. The van der Waals surface area contributed by atoms with Gasteiger partial charge in [-0.2, -0.15) is 0 Å². The second-order valence-electron chi connectivity index (χ2n) is 3.69. The summed E-state index contributed by atoms with van der Waals surface area (Å²) < 4.78 is 5.79. The fraction of sp³-hybridized carbons (Fsp3) is 0.417. The van der Waals surface area contributed by atoms with Crippen molar-refractivity contribution in [2.24, 2.45) is 4.99 Å². The Morgan fingerprint density at radius 1 is 1.40 bits per heavy atom. The number of benzene rings is 1. The van der Waals surface area contributed by atoms with E-state index in [1.807, 2.05) is 24.3 Å².